The molecule has 5 heteroatoms. The highest BCUT2D eigenvalue weighted by Gasteiger charge is 2.20. The molecule has 0 aromatic carbocycles. The molecule has 2 heterocycles. The molecule has 90 valence electrons. The van der Waals surface area contributed by atoms with Crippen molar-refractivity contribution in [3.05, 3.63) is 16.4 Å². The van der Waals surface area contributed by atoms with Gasteiger partial charge in [-0.1, -0.05) is 11.6 Å². The number of aryl methyl sites for hydroxylation is 2. The molecule has 3 nitrogen and oxygen atoms in total. The summed E-state index contributed by atoms with van der Waals surface area (Å²) in [7, 11) is 1.88. The predicted molar refractivity (Wildman–Crippen MR) is 67.1 cm³/mol. The zero-order valence-corrected chi connectivity index (χ0v) is 11.2. The minimum Gasteiger partial charge on any atom is -0.299 e. The number of nitrogens with zero attached hydrogens (tertiary/aromatic N) is 3. The molecule has 2 rings (SSSR count). The largest absolute Gasteiger partial charge is 0.299 e. The molecule has 1 saturated heterocycles. The van der Waals surface area contributed by atoms with Gasteiger partial charge in [0.1, 0.15) is 5.15 Å². The first-order valence-corrected chi connectivity index (χ1v) is 6.43. The van der Waals surface area contributed by atoms with E-state index in [-0.39, 0.29) is 0 Å². The summed E-state index contributed by atoms with van der Waals surface area (Å²) < 4.78 is 1.74. The Kier molecular flexibility index (Phi) is 3.77. The smallest absolute Gasteiger partial charge is 0.131 e. The normalized spacial score (nSPS) is 19.2. The Morgan fingerprint density at radius 2 is 2.00 bits per heavy atom. The molecule has 0 spiro atoms. The standard InChI is InChI=1S/C11H17Cl2N3/c1-8-10(11(13)15(2)14-8)7-16-5-3-9(12)4-6-16/h9H,3-7H2,1-2H3. The van der Waals surface area contributed by atoms with Crippen molar-refractivity contribution < 1.29 is 0 Å². The maximum atomic E-state index is 6.21. The lowest BCUT2D eigenvalue weighted by Crippen LogP contribution is -2.33. The lowest BCUT2D eigenvalue weighted by atomic mass is 10.1. The van der Waals surface area contributed by atoms with E-state index < -0.39 is 0 Å². The Morgan fingerprint density at radius 3 is 2.50 bits per heavy atom. The Morgan fingerprint density at radius 1 is 1.38 bits per heavy atom. The van der Waals surface area contributed by atoms with Crippen LogP contribution in [0.2, 0.25) is 5.15 Å². The van der Waals surface area contributed by atoms with Crippen LogP contribution in [0, 0.1) is 6.92 Å². The SMILES string of the molecule is Cc1nn(C)c(Cl)c1CN1CCC(Cl)CC1. The van der Waals surface area contributed by atoms with Gasteiger partial charge in [0, 0.05) is 24.5 Å². The van der Waals surface area contributed by atoms with Crippen molar-refractivity contribution in [3.63, 3.8) is 0 Å². The number of halogens is 2. The van der Waals surface area contributed by atoms with Crippen molar-refractivity contribution in [1.82, 2.24) is 14.7 Å². The summed E-state index contributed by atoms with van der Waals surface area (Å²) in [5.41, 5.74) is 2.18. The van der Waals surface area contributed by atoms with Crippen LogP contribution in [0.15, 0.2) is 0 Å². The number of hydrogen-bond donors (Lipinski definition) is 0. The molecule has 1 aromatic heterocycles. The molecule has 0 saturated carbocycles. The Labute approximate surface area is 106 Å². The van der Waals surface area contributed by atoms with E-state index in [0.717, 1.165) is 48.9 Å². The number of rotatable bonds is 2. The van der Waals surface area contributed by atoms with Crippen LogP contribution >= 0.6 is 23.2 Å². The Bertz CT molecular complexity index is 368. The summed E-state index contributed by atoms with van der Waals surface area (Å²) in [6.07, 6.45) is 2.14. The van der Waals surface area contributed by atoms with Gasteiger partial charge in [-0.15, -0.1) is 11.6 Å². The van der Waals surface area contributed by atoms with Gasteiger partial charge in [-0.05, 0) is 32.9 Å². The first-order chi connectivity index (χ1) is 7.58. The van der Waals surface area contributed by atoms with Crippen LogP contribution < -0.4 is 0 Å². The molecule has 1 aliphatic rings. The average Bonchev–Trinajstić information content (AvgIpc) is 2.48. The van der Waals surface area contributed by atoms with Gasteiger partial charge in [-0.3, -0.25) is 9.58 Å². The second-order valence-corrected chi connectivity index (χ2v) is 5.40. The summed E-state index contributed by atoms with van der Waals surface area (Å²) in [4.78, 5) is 2.40. The lowest BCUT2D eigenvalue weighted by molar-refractivity contribution is 0.223. The van der Waals surface area contributed by atoms with E-state index >= 15 is 0 Å². The van der Waals surface area contributed by atoms with Crippen molar-refractivity contribution in [2.45, 2.75) is 31.7 Å². The van der Waals surface area contributed by atoms with Crippen molar-refractivity contribution in [2.75, 3.05) is 13.1 Å². The third-order valence-corrected chi connectivity index (χ3v) is 4.08. The van der Waals surface area contributed by atoms with Crippen molar-refractivity contribution in [3.8, 4) is 0 Å². The first-order valence-electron chi connectivity index (χ1n) is 5.62. The van der Waals surface area contributed by atoms with Crippen LogP contribution in [0.25, 0.3) is 0 Å². The molecule has 0 N–H and O–H groups in total. The van der Waals surface area contributed by atoms with Crippen LogP contribution in [-0.4, -0.2) is 33.1 Å². The maximum absolute atomic E-state index is 6.21. The highest BCUT2D eigenvalue weighted by molar-refractivity contribution is 6.30. The molecule has 1 aliphatic heterocycles. The third-order valence-electron chi connectivity index (χ3n) is 3.17. The zero-order chi connectivity index (χ0) is 11.7. The molecule has 0 radical (unpaired) electrons. The number of hydrogen-bond acceptors (Lipinski definition) is 2. The van der Waals surface area contributed by atoms with Gasteiger partial charge < -0.3 is 0 Å². The van der Waals surface area contributed by atoms with Crippen molar-refractivity contribution in [2.24, 2.45) is 7.05 Å². The van der Waals surface area contributed by atoms with Crippen LogP contribution in [0.4, 0.5) is 0 Å². The summed E-state index contributed by atoms with van der Waals surface area (Å²) in [6, 6.07) is 0. The molecule has 0 amide bonds. The second kappa shape index (κ2) is 4.94. The quantitative estimate of drug-likeness (QED) is 0.764. The molecule has 16 heavy (non-hydrogen) atoms. The molecule has 1 fully saturated rings. The number of aromatic nitrogens is 2. The Balaban J connectivity index is 2.03. The number of piperidine rings is 1. The molecular formula is C11H17Cl2N3. The molecule has 0 aliphatic carbocycles. The number of alkyl halides is 1. The molecular weight excluding hydrogens is 245 g/mol. The van der Waals surface area contributed by atoms with Gasteiger partial charge in [-0.2, -0.15) is 5.10 Å². The fourth-order valence-electron chi connectivity index (χ4n) is 2.14. The minimum absolute atomic E-state index is 0.349. The van der Waals surface area contributed by atoms with E-state index in [4.69, 9.17) is 23.2 Å². The van der Waals surface area contributed by atoms with Crippen LogP contribution in [0.5, 0.6) is 0 Å². The first kappa shape index (κ1) is 12.2. The summed E-state index contributed by atoms with van der Waals surface area (Å²) in [5.74, 6) is 0. The van der Waals surface area contributed by atoms with Gasteiger partial charge in [0.15, 0.2) is 0 Å². The van der Waals surface area contributed by atoms with Gasteiger partial charge in [-0.25, -0.2) is 0 Å². The van der Waals surface area contributed by atoms with Gasteiger partial charge in [0.05, 0.1) is 5.69 Å². The molecule has 1 aromatic rings. The average molecular weight is 262 g/mol. The molecule has 0 bridgehead atoms. The summed E-state index contributed by atoms with van der Waals surface area (Å²) >= 11 is 12.3. The number of likely N-dealkylation sites (tertiary alicyclic amines) is 1. The van der Waals surface area contributed by atoms with E-state index in [1.54, 1.807) is 4.68 Å². The zero-order valence-electron chi connectivity index (χ0n) is 9.71. The van der Waals surface area contributed by atoms with E-state index in [2.05, 4.69) is 10.00 Å². The van der Waals surface area contributed by atoms with Crippen LogP contribution in [0.1, 0.15) is 24.1 Å². The van der Waals surface area contributed by atoms with E-state index in [0.29, 0.717) is 5.38 Å². The fraction of sp³-hybridized carbons (Fsp3) is 0.727. The predicted octanol–water partition coefficient (Wildman–Crippen LogP) is 2.59. The van der Waals surface area contributed by atoms with Crippen LogP contribution in [-0.2, 0) is 13.6 Å². The topological polar surface area (TPSA) is 21.1 Å². The van der Waals surface area contributed by atoms with E-state index in [1.165, 1.54) is 0 Å². The van der Waals surface area contributed by atoms with E-state index in [1.807, 2.05) is 14.0 Å². The highest BCUT2D eigenvalue weighted by atomic mass is 35.5. The van der Waals surface area contributed by atoms with Gasteiger partial charge in [0.2, 0.25) is 0 Å². The minimum atomic E-state index is 0.349. The van der Waals surface area contributed by atoms with Crippen LogP contribution in [0.3, 0.4) is 0 Å². The summed E-state index contributed by atoms with van der Waals surface area (Å²) in [6.45, 7) is 5.01. The summed E-state index contributed by atoms with van der Waals surface area (Å²) in [5, 5.41) is 5.43. The van der Waals surface area contributed by atoms with Gasteiger partial charge in [0.25, 0.3) is 0 Å². The van der Waals surface area contributed by atoms with Crippen molar-refractivity contribution >= 4 is 23.2 Å². The fourth-order valence-corrected chi connectivity index (χ4v) is 2.57. The van der Waals surface area contributed by atoms with Crippen molar-refractivity contribution in [1.29, 1.82) is 0 Å². The maximum Gasteiger partial charge on any atom is 0.131 e. The van der Waals surface area contributed by atoms with Gasteiger partial charge >= 0.3 is 0 Å². The third kappa shape index (κ3) is 2.53. The monoisotopic (exact) mass is 261 g/mol. The molecule has 0 atom stereocenters. The highest BCUT2D eigenvalue weighted by Crippen LogP contribution is 2.23. The lowest BCUT2D eigenvalue weighted by Gasteiger charge is -2.29. The Hall–Kier alpha value is -0.250. The van der Waals surface area contributed by atoms with E-state index in [9.17, 15) is 0 Å². The second-order valence-electron chi connectivity index (χ2n) is 4.43. The molecule has 0 unspecified atom stereocenters.